The minimum absolute atomic E-state index is 0.0633. The number of benzene rings is 2. The summed E-state index contributed by atoms with van der Waals surface area (Å²) in [7, 11) is 0. The Kier molecular flexibility index (Phi) is 6.48. The van der Waals surface area contributed by atoms with E-state index >= 15 is 0 Å². The highest BCUT2D eigenvalue weighted by atomic mass is 16.3. The van der Waals surface area contributed by atoms with Gasteiger partial charge in [-0.05, 0) is 30.2 Å². The molecular formula is C25H28N3O3+. The number of fused-ring (bicyclic) bond motifs is 1. The van der Waals surface area contributed by atoms with Gasteiger partial charge in [0.25, 0.3) is 0 Å². The smallest absolute Gasteiger partial charge is 0.309 e. The van der Waals surface area contributed by atoms with E-state index in [0.717, 1.165) is 30.8 Å². The highest BCUT2D eigenvalue weighted by Crippen LogP contribution is 2.16. The van der Waals surface area contributed by atoms with Crippen LogP contribution in [0.15, 0.2) is 77.4 Å². The number of nitrogens with one attached hydrogen (secondary N) is 3. The summed E-state index contributed by atoms with van der Waals surface area (Å²) in [5.41, 5.74) is 3.65. The molecule has 2 aromatic carbocycles. The standard InChI is InChI=1S/C25H27N3O3/c1-18(19-8-3-2-4-9-19)27-25(30)24(29)26-16-22(23-12-7-15-31-23)28-14-13-20-10-5-6-11-21(20)17-28/h2-12,15,18,22H,13-14,16-17H2,1H3,(H,26,29)(H,27,30)/p+1/t18-,22-/m0/s1. The molecule has 0 spiro atoms. The molecule has 4 rings (SSSR count). The number of amides is 2. The van der Waals surface area contributed by atoms with Gasteiger partial charge in [0.1, 0.15) is 6.54 Å². The number of carbonyl (C=O) groups is 2. The van der Waals surface area contributed by atoms with Crippen molar-refractivity contribution in [3.05, 3.63) is 95.4 Å². The average Bonchev–Trinajstić information content (AvgIpc) is 3.34. The van der Waals surface area contributed by atoms with E-state index in [9.17, 15) is 9.59 Å². The van der Waals surface area contributed by atoms with Crippen molar-refractivity contribution >= 4 is 11.8 Å². The van der Waals surface area contributed by atoms with Crippen molar-refractivity contribution in [1.29, 1.82) is 0 Å². The molecule has 0 radical (unpaired) electrons. The third kappa shape index (κ3) is 5.03. The van der Waals surface area contributed by atoms with Crippen LogP contribution in [0.1, 0.15) is 41.5 Å². The van der Waals surface area contributed by atoms with Gasteiger partial charge in [0, 0.05) is 12.0 Å². The Labute approximate surface area is 182 Å². The second-order valence-corrected chi connectivity index (χ2v) is 7.99. The summed E-state index contributed by atoms with van der Waals surface area (Å²) < 4.78 is 5.68. The van der Waals surface area contributed by atoms with Gasteiger partial charge in [-0.1, -0.05) is 54.6 Å². The monoisotopic (exact) mass is 418 g/mol. The molecule has 3 N–H and O–H groups in total. The Morgan fingerprint density at radius 3 is 2.45 bits per heavy atom. The number of carbonyl (C=O) groups excluding carboxylic acids is 2. The fourth-order valence-electron chi connectivity index (χ4n) is 4.20. The number of hydrogen-bond donors (Lipinski definition) is 3. The molecule has 0 fully saturated rings. The van der Waals surface area contributed by atoms with Gasteiger partial charge in [-0.15, -0.1) is 0 Å². The molecule has 1 aliphatic heterocycles. The van der Waals surface area contributed by atoms with E-state index in [1.165, 1.54) is 16.0 Å². The highest BCUT2D eigenvalue weighted by Gasteiger charge is 2.31. The Bertz CT molecular complexity index is 1020. The molecule has 6 nitrogen and oxygen atoms in total. The Balaban J connectivity index is 1.39. The lowest BCUT2D eigenvalue weighted by Crippen LogP contribution is -3.12. The van der Waals surface area contributed by atoms with Crippen LogP contribution in [0.5, 0.6) is 0 Å². The lowest BCUT2D eigenvalue weighted by Gasteiger charge is -2.31. The van der Waals surface area contributed by atoms with Gasteiger partial charge in [-0.3, -0.25) is 9.59 Å². The van der Waals surface area contributed by atoms with Crippen molar-refractivity contribution in [3.8, 4) is 0 Å². The Morgan fingerprint density at radius 1 is 0.968 bits per heavy atom. The third-order valence-electron chi connectivity index (χ3n) is 5.95. The summed E-state index contributed by atoms with van der Waals surface area (Å²) in [5.74, 6) is -0.447. The fourth-order valence-corrected chi connectivity index (χ4v) is 4.20. The molecule has 0 aliphatic carbocycles. The summed E-state index contributed by atoms with van der Waals surface area (Å²) in [5, 5.41) is 5.58. The molecule has 2 amide bonds. The van der Waals surface area contributed by atoms with E-state index in [2.05, 4.69) is 34.9 Å². The van der Waals surface area contributed by atoms with Crippen LogP contribution in [0.3, 0.4) is 0 Å². The molecule has 0 saturated carbocycles. The van der Waals surface area contributed by atoms with Crippen LogP contribution < -0.4 is 15.5 Å². The maximum Gasteiger partial charge on any atom is 0.309 e. The van der Waals surface area contributed by atoms with E-state index < -0.39 is 11.8 Å². The zero-order valence-electron chi connectivity index (χ0n) is 17.6. The molecule has 0 saturated heterocycles. The number of hydrogen-bond acceptors (Lipinski definition) is 3. The van der Waals surface area contributed by atoms with Crippen molar-refractivity contribution < 1.29 is 18.9 Å². The van der Waals surface area contributed by atoms with Crippen LogP contribution in [-0.2, 0) is 22.6 Å². The summed E-state index contributed by atoms with van der Waals surface area (Å²) in [6.45, 7) is 3.99. The van der Waals surface area contributed by atoms with Crippen LogP contribution in [0.25, 0.3) is 0 Å². The van der Waals surface area contributed by atoms with E-state index in [-0.39, 0.29) is 12.1 Å². The zero-order chi connectivity index (χ0) is 21.6. The third-order valence-corrected chi connectivity index (χ3v) is 5.95. The van der Waals surface area contributed by atoms with Crippen LogP contribution >= 0.6 is 0 Å². The van der Waals surface area contributed by atoms with E-state index in [4.69, 9.17) is 4.42 Å². The molecule has 3 atom stereocenters. The molecule has 0 bridgehead atoms. The maximum atomic E-state index is 12.5. The number of rotatable bonds is 6. The molecule has 3 aromatic rings. The van der Waals surface area contributed by atoms with Gasteiger partial charge in [-0.2, -0.15) is 0 Å². The first-order valence-corrected chi connectivity index (χ1v) is 10.7. The van der Waals surface area contributed by atoms with Gasteiger partial charge in [-0.25, -0.2) is 0 Å². The average molecular weight is 419 g/mol. The molecule has 160 valence electrons. The summed E-state index contributed by atoms with van der Waals surface area (Å²) in [6.07, 6.45) is 2.63. The molecule has 31 heavy (non-hydrogen) atoms. The van der Waals surface area contributed by atoms with E-state index in [1.54, 1.807) is 6.26 Å². The second-order valence-electron chi connectivity index (χ2n) is 7.99. The number of quaternary nitrogens is 1. The normalized spacial score (nSPS) is 17.3. The Hall–Kier alpha value is -3.38. The van der Waals surface area contributed by atoms with Gasteiger partial charge in [0.2, 0.25) is 0 Å². The minimum Gasteiger partial charge on any atom is -0.463 e. The van der Waals surface area contributed by atoms with Gasteiger partial charge in [0.05, 0.1) is 25.4 Å². The van der Waals surface area contributed by atoms with Crippen LogP contribution in [-0.4, -0.2) is 24.9 Å². The van der Waals surface area contributed by atoms with Crippen LogP contribution in [0.2, 0.25) is 0 Å². The van der Waals surface area contributed by atoms with Crippen LogP contribution in [0.4, 0.5) is 0 Å². The molecule has 1 aromatic heterocycles. The maximum absolute atomic E-state index is 12.5. The molecular weight excluding hydrogens is 390 g/mol. The predicted molar refractivity (Wildman–Crippen MR) is 117 cm³/mol. The molecule has 6 heteroatoms. The number of furan rings is 1. The van der Waals surface area contributed by atoms with Crippen LogP contribution in [0, 0.1) is 0 Å². The largest absolute Gasteiger partial charge is 0.463 e. The molecule has 1 aliphatic rings. The molecule has 1 unspecified atom stereocenters. The minimum atomic E-state index is -0.631. The SMILES string of the molecule is C[C@H](NC(=O)C(=O)NC[C@@H](c1ccco1)[NH+]1CCc2ccccc2C1)c1ccccc1. The van der Waals surface area contributed by atoms with Crippen molar-refractivity contribution in [2.24, 2.45) is 0 Å². The topological polar surface area (TPSA) is 75.8 Å². The summed E-state index contributed by atoms with van der Waals surface area (Å²) in [6, 6.07) is 21.5. The predicted octanol–water partition coefficient (Wildman–Crippen LogP) is 1.96. The fraction of sp³-hybridized carbons (Fsp3) is 0.280. The summed E-state index contributed by atoms with van der Waals surface area (Å²) in [4.78, 5) is 26.2. The van der Waals surface area contributed by atoms with Crippen molar-refractivity contribution in [2.45, 2.75) is 32.0 Å². The van der Waals surface area contributed by atoms with Gasteiger partial charge < -0.3 is 20.0 Å². The Morgan fingerprint density at radius 2 is 1.71 bits per heavy atom. The van der Waals surface area contributed by atoms with Crippen molar-refractivity contribution in [2.75, 3.05) is 13.1 Å². The van der Waals surface area contributed by atoms with E-state index in [1.807, 2.05) is 49.4 Å². The van der Waals surface area contributed by atoms with Gasteiger partial charge in [0.15, 0.2) is 11.8 Å². The zero-order valence-corrected chi connectivity index (χ0v) is 17.6. The first-order chi connectivity index (χ1) is 15.1. The summed E-state index contributed by atoms with van der Waals surface area (Å²) >= 11 is 0. The first-order valence-electron chi connectivity index (χ1n) is 10.7. The lowest BCUT2D eigenvalue weighted by atomic mass is 9.98. The van der Waals surface area contributed by atoms with E-state index in [0.29, 0.717) is 6.54 Å². The highest BCUT2D eigenvalue weighted by molar-refractivity contribution is 6.35. The van der Waals surface area contributed by atoms with Crippen molar-refractivity contribution in [3.63, 3.8) is 0 Å². The van der Waals surface area contributed by atoms with Crippen molar-refractivity contribution in [1.82, 2.24) is 10.6 Å². The second kappa shape index (κ2) is 9.62. The quantitative estimate of drug-likeness (QED) is 0.536. The lowest BCUT2D eigenvalue weighted by molar-refractivity contribution is -0.946. The first kappa shape index (κ1) is 20.9. The van der Waals surface area contributed by atoms with Gasteiger partial charge >= 0.3 is 11.8 Å². The molecule has 2 heterocycles.